The third kappa shape index (κ3) is 2.79. The molecular weight excluding hydrogens is 286 g/mol. The molecule has 17 heavy (non-hydrogen) atoms. The number of halogens is 1. The first-order valence-electron chi connectivity index (χ1n) is 5.19. The lowest BCUT2D eigenvalue weighted by Crippen LogP contribution is -2.21. The first-order chi connectivity index (χ1) is 8.18. The van der Waals surface area contributed by atoms with E-state index in [9.17, 15) is 4.79 Å². The molecule has 2 rings (SSSR count). The molecule has 0 radical (unpaired) electrons. The van der Waals surface area contributed by atoms with Gasteiger partial charge in [-0.15, -0.1) is 0 Å². The van der Waals surface area contributed by atoms with Gasteiger partial charge >= 0.3 is 0 Å². The first-order valence-corrected chi connectivity index (χ1v) is 5.99. The Kier molecular flexibility index (Phi) is 3.68. The number of carbonyl (C=O) groups is 1. The molecule has 0 atom stereocenters. The van der Waals surface area contributed by atoms with Crippen LogP contribution in [0.1, 0.15) is 5.56 Å². The van der Waals surface area contributed by atoms with E-state index < -0.39 is 0 Å². The summed E-state index contributed by atoms with van der Waals surface area (Å²) in [5, 5.41) is 2.76. The van der Waals surface area contributed by atoms with Crippen LogP contribution >= 0.6 is 15.9 Å². The van der Waals surface area contributed by atoms with E-state index in [1.807, 2.05) is 25.1 Å². The Morgan fingerprint density at radius 3 is 2.94 bits per heavy atom. The number of rotatable bonds is 2. The van der Waals surface area contributed by atoms with Crippen molar-refractivity contribution in [2.24, 2.45) is 0 Å². The summed E-state index contributed by atoms with van der Waals surface area (Å²) in [7, 11) is 0. The highest BCUT2D eigenvalue weighted by molar-refractivity contribution is 9.10. The van der Waals surface area contributed by atoms with Crippen molar-refractivity contribution in [2.75, 3.05) is 18.5 Å². The summed E-state index contributed by atoms with van der Waals surface area (Å²) < 4.78 is 11.1. The van der Waals surface area contributed by atoms with Gasteiger partial charge in [0.15, 0.2) is 0 Å². The molecule has 0 saturated heterocycles. The van der Waals surface area contributed by atoms with E-state index in [-0.39, 0.29) is 11.7 Å². The van der Waals surface area contributed by atoms with E-state index in [2.05, 4.69) is 21.2 Å². The van der Waals surface area contributed by atoms with E-state index in [1.165, 1.54) is 6.26 Å². The Morgan fingerprint density at radius 2 is 2.24 bits per heavy atom. The Hall–Kier alpha value is -1.49. The number of benzene rings is 1. The Balaban J connectivity index is 2.13. The van der Waals surface area contributed by atoms with Crippen molar-refractivity contribution in [2.45, 2.75) is 6.92 Å². The van der Waals surface area contributed by atoms with Crippen molar-refractivity contribution < 1.29 is 14.3 Å². The Bertz CT molecular complexity index is 471. The zero-order chi connectivity index (χ0) is 12.3. The molecule has 1 amide bonds. The van der Waals surface area contributed by atoms with Crippen LogP contribution in [0.2, 0.25) is 0 Å². The van der Waals surface area contributed by atoms with Gasteiger partial charge in [-0.1, -0.05) is 12.1 Å². The number of hydrogen-bond acceptors (Lipinski definition) is 3. The van der Waals surface area contributed by atoms with Crippen LogP contribution in [0, 0.1) is 6.92 Å². The van der Waals surface area contributed by atoms with Crippen LogP contribution in [0.4, 0.5) is 5.69 Å². The average molecular weight is 298 g/mol. The van der Waals surface area contributed by atoms with Crippen molar-refractivity contribution in [1.82, 2.24) is 0 Å². The molecule has 1 aliphatic heterocycles. The normalized spacial score (nSPS) is 14.4. The number of aryl methyl sites for hydroxylation is 1. The number of ether oxygens (including phenoxy) is 2. The van der Waals surface area contributed by atoms with E-state index in [0.717, 1.165) is 10.0 Å². The molecule has 0 unspecified atom stereocenters. The number of anilines is 1. The second kappa shape index (κ2) is 5.23. The lowest BCUT2D eigenvalue weighted by atomic mass is 10.2. The minimum atomic E-state index is -0.309. The number of amides is 1. The van der Waals surface area contributed by atoms with Gasteiger partial charge in [0.25, 0.3) is 5.91 Å². The Morgan fingerprint density at radius 1 is 1.41 bits per heavy atom. The number of hydrogen-bond donors (Lipinski definition) is 1. The largest absolute Gasteiger partial charge is 0.494 e. The highest BCUT2D eigenvalue weighted by Crippen LogP contribution is 2.26. The lowest BCUT2D eigenvalue weighted by Gasteiger charge is -2.15. The molecule has 0 bridgehead atoms. The van der Waals surface area contributed by atoms with Gasteiger partial charge in [-0.3, -0.25) is 4.79 Å². The molecule has 90 valence electrons. The molecular formula is C12H12BrNO3. The molecule has 0 saturated carbocycles. The van der Waals surface area contributed by atoms with Gasteiger partial charge in [-0.2, -0.15) is 0 Å². The third-order valence-electron chi connectivity index (χ3n) is 2.31. The van der Waals surface area contributed by atoms with Crippen LogP contribution in [0.5, 0.6) is 0 Å². The smallest absolute Gasteiger partial charge is 0.294 e. The van der Waals surface area contributed by atoms with Crippen molar-refractivity contribution >= 4 is 27.5 Å². The topological polar surface area (TPSA) is 47.6 Å². The molecule has 1 aliphatic rings. The molecule has 1 aromatic rings. The summed E-state index contributed by atoms with van der Waals surface area (Å²) in [5.74, 6) is -0.111. The van der Waals surface area contributed by atoms with Crippen molar-refractivity contribution in [3.63, 3.8) is 0 Å². The molecule has 1 N–H and O–H groups in total. The van der Waals surface area contributed by atoms with Crippen LogP contribution in [0.15, 0.2) is 34.7 Å². The number of carbonyl (C=O) groups excluding carboxylic acids is 1. The fourth-order valence-electron chi connectivity index (χ4n) is 1.42. The molecule has 0 aromatic heterocycles. The lowest BCUT2D eigenvalue weighted by molar-refractivity contribution is -0.117. The third-order valence-corrected chi connectivity index (χ3v) is 3.37. The highest BCUT2D eigenvalue weighted by Gasteiger charge is 2.16. The summed E-state index contributed by atoms with van der Waals surface area (Å²) in [6.45, 7) is 2.83. The van der Waals surface area contributed by atoms with Crippen LogP contribution in [-0.4, -0.2) is 19.1 Å². The van der Waals surface area contributed by atoms with Crippen LogP contribution in [0.25, 0.3) is 0 Å². The van der Waals surface area contributed by atoms with Crippen molar-refractivity contribution in [3.05, 3.63) is 40.3 Å². The maximum atomic E-state index is 11.8. The minimum Gasteiger partial charge on any atom is -0.494 e. The fraction of sp³-hybridized carbons (Fsp3) is 0.250. The molecule has 4 nitrogen and oxygen atoms in total. The van der Waals surface area contributed by atoms with Crippen LogP contribution < -0.4 is 5.32 Å². The maximum absolute atomic E-state index is 11.8. The van der Waals surface area contributed by atoms with Gasteiger partial charge in [0.2, 0.25) is 5.76 Å². The van der Waals surface area contributed by atoms with E-state index >= 15 is 0 Å². The van der Waals surface area contributed by atoms with E-state index in [4.69, 9.17) is 9.47 Å². The molecule has 0 spiro atoms. The van der Waals surface area contributed by atoms with Gasteiger partial charge in [0.1, 0.15) is 19.5 Å². The number of nitrogens with one attached hydrogen (secondary N) is 1. The van der Waals surface area contributed by atoms with Gasteiger partial charge in [0.05, 0.1) is 5.69 Å². The van der Waals surface area contributed by atoms with Gasteiger partial charge < -0.3 is 14.8 Å². The van der Waals surface area contributed by atoms with Crippen molar-refractivity contribution in [1.29, 1.82) is 0 Å². The summed E-state index contributed by atoms with van der Waals surface area (Å²) in [5.41, 5.74) is 1.77. The van der Waals surface area contributed by atoms with E-state index in [0.29, 0.717) is 18.9 Å². The zero-order valence-corrected chi connectivity index (χ0v) is 10.9. The van der Waals surface area contributed by atoms with Gasteiger partial charge in [-0.05, 0) is 34.5 Å². The predicted molar refractivity (Wildman–Crippen MR) is 67.5 cm³/mol. The molecule has 0 aliphatic carbocycles. The summed E-state index contributed by atoms with van der Waals surface area (Å²) in [6, 6.07) is 5.65. The maximum Gasteiger partial charge on any atom is 0.294 e. The molecule has 0 fully saturated rings. The van der Waals surface area contributed by atoms with Gasteiger partial charge in [-0.25, -0.2) is 0 Å². The average Bonchev–Trinajstić information content (AvgIpc) is 2.36. The minimum absolute atomic E-state index is 0.199. The second-order valence-electron chi connectivity index (χ2n) is 3.59. The molecule has 1 heterocycles. The summed E-state index contributed by atoms with van der Waals surface area (Å²) in [4.78, 5) is 11.8. The van der Waals surface area contributed by atoms with Crippen LogP contribution in [0.3, 0.4) is 0 Å². The second-order valence-corrected chi connectivity index (χ2v) is 4.38. The highest BCUT2D eigenvalue weighted by atomic mass is 79.9. The zero-order valence-electron chi connectivity index (χ0n) is 9.33. The summed E-state index contributed by atoms with van der Waals surface area (Å²) >= 11 is 3.43. The monoisotopic (exact) mass is 297 g/mol. The summed E-state index contributed by atoms with van der Waals surface area (Å²) in [6.07, 6.45) is 1.34. The van der Waals surface area contributed by atoms with Gasteiger partial charge in [0, 0.05) is 4.47 Å². The standard InChI is InChI=1S/C12H12BrNO3/c1-8-3-2-4-9(11(8)13)14-12(15)10-7-16-5-6-17-10/h2-4,7H,5-6H2,1H3,(H,14,15). The Labute approximate surface area is 108 Å². The van der Waals surface area contributed by atoms with Crippen molar-refractivity contribution in [3.8, 4) is 0 Å². The van der Waals surface area contributed by atoms with E-state index in [1.54, 1.807) is 0 Å². The SMILES string of the molecule is Cc1cccc(NC(=O)C2=COCCO2)c1Br. The molecule has 1 aromatic carbocycles. The molecule has 5 heteroatoms. The first kappa shape index (κ1) is 12.0. The van der Waals surface area contributed by atoms with Crippen LogP contribution in [-0.2, 0) is 14.3 Å². The predicted octanol–water partition coefficient (Wildman–Crippen LogP) is 2.58. The quantitative estimate of drug-likeness (QED) is 0.913. The fourth-order valence-corrected chi connectivity index (χ4v) is 1.78.